The van der Waals surface area contributed by atoms with Crippen LogP contribution < -0.4 is 5.73 Å². The van der Waals surface area contributed by atoms with E-state index in [0.29, 0.717) is 17.4 Å². The minimum absolute atomic E-state index is 0.0531. The molecule has 17 heavy (non-hydrogen) atoms. The summed E-state index contributed by atoms with van der Waals surface area (Å²) in [5.74, 6) is -0.0531. The Morgan fingerprint density at radius 2 is 2.41 bits per heavy atom. The average Bonchev–Trinajstić information content (AvgIpc) is 2.74. The Kier molecular flexibility index (Phi) is 3.33. The predicted octanol–water partition coefficient (Wildman–Crippen LogP) is 0.158. The van der Waals surface area contributed by atoms with E-state index >= 15 is 0 Å². The van der Waals surface area contributed by atoms with Crippen LogP contribution >= 0.6 is 0 Å². The maximum atomic E-state index is 12.2. The Morgan fingerprint density at radius 3 is 2.94 bits per heavy atom. The Bertz CT molecular complexity index is 402. The van der Waals surface area contributed by atoms with E-state index in [2.05, 4.69) is 28.9 Å². The summed E-state index contributed by atoms with van der Waals surface area (Å²) in [6, 6.07) is 0.391. The molecule has 1 atom stereocenters. The van der Waals surface area contributed by atoms with Crippen LogP contribution in [0.4, 0.5) is 5.69 Å². The number of nitrogen functional groups attached to an aromatic ring is 1. The summed E-state index contributed by atoms with van der Waals surface area (Å²) in [5, 5.41) is 6.44. The average molecular weight is 237 g/mol. The number of hydrogen-bond acceptors (Lipinski definition) is 4. The molecule has 0 aliphatic carbocycles. The zero-order valence-corrected chi connectivity index (χ0v) is 10.3. The summed E-state index contributed by atoms with van der Waals surface area (Å²) in [6.45, 7) is 7.70. The van der Waals surface area contributed by atoms with Crippen LogP contribution in [-0.2, 0) is 0 Å². The number of aromatic nitrogens is 2. The number of nitrogens with one attached hydrogen (secondary N) is 1. The molecule has 2 heterocycles. The lowest BCUT2D eigenvalue weighted by atomic mass is 10.2. The second-order valence-electron chi connectivity index (χ2n) is 4.43. The van der Waals surface area contributed by atoms with Crippen molar-refractivity contribution < 1.29 is 4.79 Å². The van der Waals surface area contributed by atoms with E-state index in [1.54, 1.807) is 0 Å². The number of rotatable bonds is 2. The fourth-order valence-corrected chi connectivity index (χ4v) is 2.27. The summed E-state index contributed by atoms with van der Waals surface area (Å²) in [7, 11) is 0. The van der Waals surface area contributed by atoms with Gasteiger partial charge in [-0.2, -0.15) is 5.10 Å². The van der Waals surface area contributed by atoms with E-state index in [1.807, 2.05) is 4.90 Å². The molecule has 3 N–H and O–H groups in total. The van der Waals surface area contributed by atoms with Gasteiger partial charge in [-0.1, -0.05) is 6.92 Å². The number of amides is 1. The van der Waals surface area contributed by atoms with Crippen molar-refractivity contribution in [2.45, 2.75) is 19.9 Å². The maximum absolute atomic E-state index is 12.2. The van der Waals surface area contributed by atoms with Gasteiger partial charge in [-0.3, -0.25) is 14.8 Å². The molecule has 1 aliphatic rings. The third kappa shape index (κ3) is 2.26. The first-order valence-corrected chi connectivity index (χ1v) is 5.95. The van der Waals surface area contributed by atoms with Crippen molar-refractivity contribution in [1.29, 1.82) is 0 Å². The minimum atomic E-state index is -0.0531. The summed E-state index contributed by atoms with van der Waals surface area (Å²) < 4.78 is 0. The molecule has 1 amide bonds. The largest absolute Gasteiger partial charge is 0.396 e. The summed E-state index contributed by atoms with van der Waals surface area (Å²) in [6.07, 6.45) is 1.47. The van der Waals surface area contributed by atoms with Gasteiger partial charge >= 0.3 is 0 Å². The van der Waals surface area contributed by atoms with Crippen molar-refractivity contribution in [3.05, 3.63) is 11.9 Å². The number of hydrogen-bond donors (Lipinski definition) is 2. The molecule has 0 aromatic carbocycles. The van der Waals surface area contributed by atoms with Crippen LogP contribution in [0.15, 0.2) is 6.20 Å². The zero-order chi connectivity index (χ0) is 12.4. The lowest BCUT2D eigenvalue weighted by molar-refractivity contribution is 0.0524. The number of carbonyl (C=O) groups excluding carboxylic acids is 1. The van der Waals surface area contributed by atoms with Crippen LogP contribution in [0.2, 0.25) is 0 Å². The van der Waals surface area contributed by atoms with Crippen molar-refractivity contribution in [2.24, 2.45) is 0 Å². The number of anilines is 1. The zero-order valence-electron chi connectivity index (χ0n) is 10.3. The normalized spacial score (nSPS) is 21.8. The molecule has 0 spiro atoms. The molecule has 1 saturated heterocycles. The van der Waals surface area contributed by atoms with Crippen LogP contribution in [0.3, 0.4) is 0 Å². The number of piperazine rings is 1. The van der Waals surface area contributed by atoms with E-state index in [1.165, 1.54) is 6.20 Å². The highest BCUT2D eigenvalue weighted by Crippen LogP contribution is 2.14. The predicted molar refractivity (Wildman–Crippen MR) is 65.6 cm³/mol. The first kappa shape index (κ1) is 11.9. The van der Waals surface area contributed by atoms with Crippen LogP contribution in [0, 0.1) is 0 Å². The fraction of sp³-hybridized carbons (Fsp3) is 0.636. The van der Waals surface area contributed by atoms with Crippen LogP contribution in [-0.4, -0.2) is 58.1 Å². The summed E-state index contributed by atoms with van der Waals surface area (Å²) in [5.41, 5.74) is 6.51. The fourth-order valence-electron chi connectivity index (χ4n) is 2.27. The van der Waals surface area contributed by atoms with E-state index in [0.717, 1.165) is 26.2 Å². The van der Waals surface area contributed by atoms with Crippen molar-refractivity contribution in [3.63, 3.8) is 0 Å². The van der Waals surface area contributed by atoms with Gasteiger partial charge < -0.3 is 10.6 Å². The highest BCUT2D eigenvalue weighted by molar-refractivity contribution is 5.97. The minimum Gasteiger partial charge on any atom is -0.396 e. The highest BCUT2D eigenvalue weighted by Gasteiger charge is 2.27. The molecule has 6 nitrogen and oxygen atoms in total. The van der Waals surface area contributed by atoms with Crippen molar-refractivity contribution in [1.82, 2.24) is 20.0 Å². The molecule has 0 radical (unpaired) electrons. The smallest absolute Gasteiger partial charge is 0.274 e. The van der Waals surface area contributed by atoms with Crippen molar-refractivity contribution >= 4 is 11.6 Å². The van der Waals surface area contributed by atoms with Gasteiger partial charge in [0.25, 0.3) is 5.91 Å². The molecule has 6 heteroatoms. The standard InChI is InChI=1S/C11H19N5O/c1-3-15-4-5-16(7-8(15)2)11(17)10-9(12)6-13-14-10/h6,8H,3-5,7,12H2,1-2H3,(H,13,14). The van der Waals surface area contributed by atoms with Gasteiger partial charge in [0.05, 0.1) is 11.9 Å². The molecule has 0 saturated carbocycles. The topological polar surface area (TPSA) is 78.2 Å². The number of aromatic amines is 1. The molecule has 1 fully saturated rings. The summed E-state index contributed by atoms with van der Waals surface area (Å²) in [4.78, 5) is 16.4. The molecular formula is C11H19N5O. The monoisotopic (exact) mass is 237 g/mol. The Labute approximate surface area is 101 Å². The van der Waals surface area contributed by atoms with E-state index in [9.17, 15) is 4.79 Å². The molecule has 2 rings (SSSR count). The first-order valence-electron chi connectivity index (χ1n) is 5.95. The summed E-state index contributed by atoms with van der Waals surface area (Å²) >= 11 is 0. The number of nitrogens with two attached hydrogens (primary N) is 1. The SMILES string of the molecule is CCN1CCN(C(=O)c2[nH]ncc2N)CC1C. The second-order valence-corrected chi connectivity index (χ2v) is 4.43. The first-order chi connectivity index (χ1) is 8.13. The lowest BCUT2D eigenvalue weighted by Gasteiger charge is -2.39. The third-order valence-electron chi connectivity index (χ3n) is 3.34. The molecule has 1 aromatic heterocycles. The molecule has 1 aliphatic heterocycles. The molecule has 0 bridgehead atoms. The highest BCUT2D eigenvalue weighted by atomic mass is 16.2. The Balaban J connectivity index is 2.05. The Morgan fingerprint density at radius 1 is 1.65 bits per heavy atom. The maximum Gasteiger partial charge on any atom is 0.274 e. The third-order valence-corrected chi connectivity index (χ3v) is 3.34. The number of carbonyl (C=O) groups is 1. The lowest BCUT2D eigenvalue weighted by Crippen LogP contribution is -2.53. The molecule has 1 aromatic rings. The van der Waals surface area contributed by atoms with E-state index in [-0.39, 0.29) is 5.91 Å². The number of nitrogens with zero attached hydrogens (tertiary/aromatic N) is 3. The van der Waals surface area contributed by atoms with Crippen molar-refractivity contribution in [3.8, 4) is 0 Å². The van der Waals surface area contributed by atoms with Gasteiger partial charge in [0.15, 0.2) is 0 Å². The second kappa shape index (κ2) is 4.75. The van der Waals surface area contributed by atoms with Gasteiger partial charge in [0, 0.05) is 25.7 Å². The van der Waals surface area contributed by atoms with Crippen LogP contribution in [0.25, 0.3) is 0 Å². The van der Waals surface area contributed by atoms with E-state index in [4.69, 9.17) is 5.73 Å². The number of H-pyrrole nitrogens is 1. The van der Waals surface area contributed by atoms with Gasteiger partial charge in [0.2, 0.25) is 0 Å². The van der Waals surface area contributed by atoms with Crippen LogP contribution in [0.1, 0.15) is 24.3 Å². The Hall–Kier alpha value is -1.56. The van der Waals surface area contributed by atoms with Crippen molar-refractivity contribution in [2.75, 3.05) is 31.9 Å². The molecular weight excluding hydrogens is 218 g/mol. The van der Waals surface area contributed by atoms with Gasteiger partial charge in [0.1, 0.15) is 5.69 Å². The van der Waals surface area contributed by atoms with Gasteiger partial charge in [-0.25, -0.2) is 0 Å². The van der Waals surface area contributed by atoms with Gasteiger partial charge in [-0.05, 0) is 13.5 Å². The van der Waals surface area contributed by atoms with Gasteiger partial charge in [-0.15, -0.1) is 0 Å². The van der Waals surface area contributed by atoms with E-state index < -0.39 is 0 Å². The quantitative estimate of drug-likeness (QED) is 0.768. The molecule has 94 valence electrons. The molecule has 1 unspecified atom stereocenters. The van der Waals surface area contributed by atoms with Crippen LogP contribution in [0.5, 0.6) is 0 Å². The number of likely N-dealkylation sites (N-methyl/N-ethyl adjacent to an activating group) is 1.